The Hall–Kier alpha value is -1.06. The van der Waals surface area contributed by atoms with Gasteiger partial charge in [-0.25, -0.2) is 0 Å². The molecule has 19 heavy (non-hydrogen) atoms. The van der Waals surface area contributed by atoms with Gasteiger partial charge in [0.1, 0.15) is 11.9 Å². The van der Waals surface area contributed by atoms with Gasteiger partial charge in [-0.2, -0.15) is 0 Å². The zero-order valence-electron chi connectivity index (χ0n) is 11.7. The quantitative estimate of drug-likeness (QED) is 0.846. The van der Waals surface area contributed by atoms with Gasteiger partial charge in [0, 0.05) is 31.1 Å². The second kappa shape index (κ2) is 4.80. The van der Waals surface area contributed by atoms with Gasteiger partial charge in [0.15, 0.2) is 0 Å². The van der Waals surface area contributed by atoms with E-state index in [9.17, 15) is 5.11 Å². The molecular weight excluding hydrogens is 240 g/mol. The van der Waals surface area contributed by atoms with Gasteiger partial charge in [-0.3, -0.25) is 0 Å². The molecule has 2 atom stereocenters. The van der Waals surface area contributed by atoms with Gasteiger partial charge < -0.3 is 14.6 Å². The van der Waals surface area contributed by atoms with Crippen LogP contribution in [0.15, 0.2) is 18.2 Å². The van der Waals surface area contributed by atoms with Crippen molar-refractivity contribution in [2.24, 2.45) is 5.92 Å². The van der Waals surface area contributed by atoms with Crippen LogP contribution < -0.4 is 4.74 Å². The largest absolute Gasteiger partial charge is 0.490 e. The van der Waals surface area contributed by atoms with E-state index in [-0.39, 0.29) is 6.10 Å². The molecule has 1 saturated heterocycles. The molecule has 2 unspecified atom stereocenters. The molecule has 104 valence electrons. The molecule has 3 heteroatoms. The molecule has 3 nitrogen and oxygen atoms in total. The lowest BCUT2D eigenvalue weighted by molar-refractivity contribution is -0.0549. The topological polar surface area (TPSA) is 38.7 Å². The first-order chi connectivity index (χ1) is 9.06. The summed E-state index contributed by atoms with van der Waals surface area (Å²) in [6.07, 6.45) is 2.84. The average Bonchev–Trinajstić information content (AvgIpc) is 2.40. The van der Waals surface area contributed by atoms with Crippen LogP contribution in [0.2, 0.25) is 0 Å². The average molecular weight is 262 g/mol. The van der Waals surface area contributed by atoms with Gasteiger partial charge >= 0.3 is 0 Å². The van der Waals surface area contributed by atoms with Crippen molar-refractivity contribution in [2.45, 2.75) is 44.8 Å². The molecule has 0 spiro atoms. The van der Waals surface area contributed by atoms with E-state index >= 15 is 0 Å². The standard InChI is InChI=1S/C16H22O3/c1-11-3-4-14-13(9-11)16(2,17)10-15(19-14)12-5-7-18-8-6-12/h3-4,9,12,15,17H,5-8,10H2,1-2H3. The maximum Gasteiger partial charge on any atom is 0.125 e. The molecule has 3 rings (SSSR count). The normalized spacial score (nSPS) is 31.6. The predicted octanol–water partition coefficient (Wildman–Crippen LogP) is 2.78. The van der Waals surface area contributed by atoms with E-state index in [1.165, 1.54) is 0 Å². The molecule has 0 aromatic heterocycles. The Labute approximate surface area is 114 Å². The van der Waals surface area contributed by atoms with E-state index in [0.717, 1.165) is 42.9 Å². The number of benzene rings is 1. The van der Waals surface area contributed by atoms with Gasteiger partial charge in [0.25, 0.3) is 0 Å². The molecule has 2 aliphatic rings. The summed E-state index contributed by atoms with van der Waals surface area (Å²) in [5, 5.41) is 10.7. The first-order valence-electron chi connectivity index (χ1n) is 7.14. The van der Waals surface area contributed by atoms with Crippen molar-refractivity contribution in [2.75, 3.05) is 13.2 Å². The molecule has 0 amide bonds. The molecule has 2 aliphatic heterocycles. The van der Waals surface area contributed by atoms with Crippen LogP contribution in [-0.2, 0) is 10.3 Å². The van der Waals surface area contributed by atoms with Crippen LogP contribution in [0.1, 0.15) is 37.3 Å². The highest BCUT2D eigenvalue weighted by Gasteiger charge is 2.39. The fraction of sp³-hybridized carbons (Fsp3) is 0.625. The van der Waals surface area contributed by atoms with Crippen LogP contribution in [0.3, 0.4) is 0 Å². The number of aryl methyl sites for hydroxylation is 1. The van der Waals surface area contributed by atoms with Gasteiger partial charge in [0.2, 0.25) is 0 Å². The Balaban J connectivity index is 1.87. The van der Waals surface area contributed by atoms with Crippen LogP contribution in [0.4, 0.5) is 0 Å². The van der Waals surface area contributed by atoms with Gasteiger partial charge in [-0.05, 0) is 38.8 Å². The molecule has 1 fully saturated rings. The third-order valence-electron chi connectivity index (χ3n) is 4.38. The summed E-state index contributed by atoms with van der Waals surface area (Å²) >= 11 is 0. The van der Waals surface area contributed by atoms with E-state index < -0.39 is 5.60 Å². The monoisotopic (exact) mass is 262 g/mol. The Morgan fingerprint density at radius 2 is 2.00 bits per heavy atom. The van der Waals surface area contributed by atoms with Crippen LogP contribution in [0.5, 0.6) is 5.75 Å². The summed E-state index contributed by atoms with van der Waals surface area (Å²) in [5.41, 5.74) is 1.30. The first-order valence-corrected chi connectivity index (χ1v) is 7.14. The number of hydrogen-bond donors (Lipinski definition) is 1. The van der Waals surface area contributed by atoms with Crippen molar-refractivity contribution in [3.05, 3.63) is 29.3 Å². The van der Waals surface area contributed by atoms with Gasteiger partial charge in [0.05, 0.1) is 5.60 Å². The van der Waals surface area contributed by atoms with Crippen LogP contribution >= 0.6 is 0 Å². The van der Waals surface area contributed by atoms with E-state index in [2.05, 4.69) is 0 Å². The third kappa shape index (κ3) is 2.49. The van der Waals surface area contributed by atoms with Crippen molar-refractivity contribution < 1.29 is 14.6 Å². The van der Waals surface area contributed by atoms with Crippen LogP contribution in [0, 0.1) is 12.8 Å². The van der Waals surface area contributed by atoms with Crippen molar-refractivity contribution in [1.82, 2.24) is 0 Å². The first kappa shape index (κ1) is 12.9. The van der Waals surface area contributed by atoms with Crippen LogP contribution in [0.25, 0.3) is 0 Å². The Bertz CT molecular complexity index is 461. The lowest BCUT2D eigenvalue weighted by Gasteiger charge is -2.41. The number of aliphatic hydroxyl groups is 1. The minimum absolute atomic E-state index is 0.106. The Morgan fingerprint density at radius 1 is 1.26 bits per heavy atom. The second-order valence-corrected chi connectivity index (χ2v) is 6.08. The Kier molecular flexibility index (Phi) is 3.27. The summed E-state index contributed by atoms with van der Waals surface area (Å²) in [5.74, 6) is 1.34. The lowest BCUT2D eigenvalue weighted by atomic mass is 9.80. The molecule has 0 radical (unpaired) electrons. The van der Waals surface area contributed by atoms with E-state index in [0.29, 0.717) is 12.3 Å². The summed E-state index contributed by atoms with van der Waals surface area (Å²) in [6, 6.07) is 6.07. The number of ether oxygens (including phenoxy) is 2. The maximum atomic E-state index is 10.7. The molecule has 1 aromatic rings. The molecule has 2 heterocycles. The minimum atomic E-state index is -0.789. The SMILES string of the molecule is Cc1ccc2c(c1)C(C)(O)CC(C1CCOCC1)O2. The van der Waals surface area contributed by atoms with E-state index in [1.54, 1.807) is 0 Å². The van der Waals surface area contributed by atoms with Crippen molar-refractivity contribution >= 4 is 0 Å². The highest BCUT2D eigenvalue weighted by molar-refractivity contribution is 5.42. The second-order valence-electron chi connectivity index (χ2n) is 6.08. The summed E-state index contributed by atoms with van der Waals surface area (Å²) in [6.45, 7) is 5.57. The molecule has 1 aromatic carbocycles. The van der Waals surface area contributed by atoms with Crippen LogP contribution in [-0.4, -0.2) is 24.4 Å². The smallest absolute Gasteiger partial charge is 0.125 e. The highest BCUT2D eigenvalue weighted by Crippen LogP contribution is 2.42. The zero-order valence-corrected chi connectivity index (χ0v) is 11.7. The van der Waals surface area contributed by atoms with Crippen molar-refractivity contribution in [1.29, 1.82) is 0 Å². The number of fused-ring (bicyclic) bond motifs is 1. The molecule has 0 saturated carbocycles. The highest BCUT2D eigenvalue weighted by atomic mass is 16.5. The molecule has 0 bridgehead atoms. The summed E-state index contributed by atoms with van der Waals surface area (Å²) < 4.78 is 11.6. The minimum Gasteiger partial charge on any atom is -0.490 e. The summed E-state index contributed by atoms with van der Waals surface area (Å²) in [4.78, 5) is 0. The molecule has 0 aliphatic carbocycles. The van der Waals surface area contributed by atoms with Gasteiger partial charge in [-0.1, -0.05) is 11.6 Å². The van der Waals surface area contributed by atoms with E-state index in [1.807, 2.05) is 32.0 Å². The predicted molar refractivity (Wildman–Crippen MR) is 73.3 cm³/mol. The summed E-state index contributed by atoms with van der Waals surface area (Å²) in [7, 11) is 0. The fourth-order valence-electron chi connectivity index (χ4n) is 3.22. The zero-order chi connectivity index (χ0) is 13.5. The molecule has 1 N–H and O–H groups in total. The van der Waals surface area contributed by atoms with E-state index in [4.69, 9.17) is 9.47 Å². The lowest BCUT2D eigenvalue weighted by Crippen LogP contribution is -2.42. The Morgan fingerprint density at radius 3 is 2.74 bits per heavy atom. The number of hydrogen-bond acceptors (Lipinski definition) is 3. The van der Waals surface area contributed by atoms with Crippen molar-refractivity contribution in [3.63, 3.8) is 0 Å². The number of rotatable bonds is 1. The third-order valence-corrected chi connectivity index (χ3v) is 4.38. The van der Waals surface area contributed by atoms with Gasteiger partial charge in [-0.15, -0.1) is 0 Å². The van der Waals surface area contributed by atoms with Crippen molar-refractivity contribution in [3.8, 4) is 5.75 Å². The fourth-order valence-corrected chi connectivity index (χ4v) is 3.22. The maximum absolute atomic E-state index is 10.7. The molecular formula is C16H22O3.